The average molecular weight is 404 g/mol. The van der Waals surface area contributed by atoms with Crippen molar-refractivity contribution in [2.24, 2.45) is 5.92 Å². The zero-order valence-electron chi connectivity index (χ0n) is 16.1. The molecule has 0 spiro atoms. The molecule has 0 saturated carbocycles. The van der Waals surface area contributed by atoms with E-state index in [0.717, 1.165) is 51.0 Å². The first-order chi connectivity index (χ1) is 13.6. The van der Waals surface area contributed by atoms with Crippen LogP contribution in [0.5, 0.6) is 0 Å². The quantitative estimate of drug-likeness (QED) is 0.818. The van der Waals surface area contributed by atoms with Crippen LogP contribution in [0.1, 0.15) is 44.3 Å². The number of nitrogens with zero attached hydrogens (tertiary/aromatic N) is 2. The predicted molar refractivity (Wildman–Crippen MR) is 109 cm³/mol. The van der Waals surface area contributed by atoms with E-state index in [-0.39, 0.29) is 16.7 Å². The van der Waals surface area contributed by atoms with Gasteiger partial charge < -0.3 is 14.8 Å². The number of aromatic nitrogens is 2. The first-order valence-corrected chi connectivity index (χ1v) is 10.3. The molecule has 1 N–H and O–H groups in total. The second-order valence-corrected chi connectivity index (χ2v) is 8.04. The topological polar surface area (TPSA) is 65.4 Å². The lowest BCUT2D eigenvalue weighted by Gasteiger charge is -2.22. The highest BCUT2D eigenvalue weighted by Crippen LogP contribution is 2.32. The summed E-state index contributed by atoms with van der Waals surface area (Å²) in [6.45, 7) is 4.39. The molecule has 6 nitrogen and oxygen atoms in total. The van der Waals surface area contributed by atoms with E-state index in [0.29, 0.717) is 23.4 Å². The van der Waals surface area contributed by atoms with Crippen molar-refractivity contribution < 1.29 is 9.47 Å². The van der Waals surface area contributed by atoms with Gasteiger partial charge in [0.2, 0.25) is 0 Å². The van der Waals surface area contributed by atoms with Crippen LogP contribution in [0.15, 0.2) is 35.3 Å². The Hall–Kier alpha value is -1.89. The molecule has 4 rings (SSSR count). The molecule has 2 aliphatic heterocycles. The van der Waals surface area contributed by atoms with Gasteiger partial charge in [-0.25, -0.2) is 0 Å². The fraction of sp³-hybridized carbons (Fsp3) is 0.524. The van der Waals surface area contributed by atoms with Gasteiger partial charge in [0.25, 0.3) is 5.56 Å². The van der Waals surface area contributed by atoms with Gasteiger partial charge in [0, 0.05) is 13.2 Å². The highest BCUT2D eigenvalue weighted by molar-refractivity contribution is 6.32. The van der Waals surface area contributed by atoms with Gasteiger partial charge in [-0.05, 0) is 56.2 Å². The summed E-state index contributed by atoms with van der Waals surface area (Å²) in [4.78, 5) is 12.7. The van der Waals surface area contributed by atoms with Gasteiger partial charge >= 0.3 is 0 Å². The molecule has 1 aromatic heterocycles. The SMILES string of the molecule is C[C@@H]1CC[C@@H](c2ccc(-n3ncc(NCC4CCCOC4)c(Cl)c3=O)cc2)O1. The van der Waals surface area contributed by atoms with Crippen LogP contribution in [0.25, 0.3) is 5.69 Å². The van der Waals surface area contributed by atoms with Crippen LogP contribution in [0.2, 0.25) is 5.02 Å². The smallest absolute Gasteiger partial charge is 0.292 e. The molecule has 3 atom stereocenters. The van der Waals surface area contributed by atoms with Crippen LogP contribution in [-0.2, 0) is 9.47 Å². The molecule has 0 radical (unpaired) electrons. The van der Waals surface area contributed by atoms with Crippen molar-refractivity contribution in [1.82, 2.24) is 9.78 Å². The number of anilines is 1. The summed E-state index contributed by atoms with van der Waals surface area (Å²) in [5, 5.41) is 7.71. The Morgan fingerprint density at radius 2 is 2.07 bits per heavy atom. The van der Waals surface area contributed by atoms with E-state index in [4.69, 9.17) is 21.1 Å². The Labute approximate surface area is 169 Å². The fourth-order valence-electron chi connectivity index (χ4n) is 3.84. The van der Waals surface area contributed by atoms with E-state index < -0.39 is 0 Å². The average Bonchev–Trinajstić information content (AvgIpc) is 3.16. The minimum Gasteiger partial charge on any atom is -0.382 e. The molecule has 2 saturated heterocycles. The third-order valence-corrected chi connectivity index (χ3v) is 5.86. The van der Waals surface area contributed by atoms with E-state index in [2.05, 4.69) is 17.3 Å². The molecule has 2 aliphatic rings. The zero-order valence-corrected chi connectivity index (χ0v) is 16.8. The highest BCUT2D eigenvalue weighted by Gasteiger charge is 2.23. The molecule has 2 fully saturated rings. The van der Waals surface area contributed by atoms with Gasteiger partial charge in [-0.3, -0.25) is 4.79 Å². The molecule has 150 valence electrons. The van der Waals surface area contributed by atoms with Crippen LogP contribution in [0, 0.1) is 5.92 Å². The first kappa shape index (κ1) is 19.4. The fourth-order valence-corrected chi connectivity index (χ4v) is 4.04. The molecule has 0 aliphatic carbocycles. The predicted octanol–water partition coefficient (Wildman–Crippen LogP) is 3.96. The molecule has 0 amide bonds. The molecular weight excluding hydrogens is 378 g/mol. The third-order valence-electron chi connectivity index (χ3n) is 5.50. The third kappa shape index (κ3) is 4.24. The number of hydrogen-bond donors (Lipinski definition) is 1. The summed E-state index contributed by atoms with van der Waals surface area (Å²) in [5.41, 5.74) is 2.05. The molecule has 1 unspecified atom stereocenters. The largest absolute Gasteiger partial charge is 0.382 e. The molecular formula is C21H26ClN3O3. The second kappa shape index (κ2) is 8.64. The number of halogens is 1. The molecule has 1 aromatic carbocycles. The van der Waals surface area contributed by atoms with Crippen molar-refractivity contribution in [3.8, 4) is 5.69 Å². The summed E-state index contributed by atoms with van der Waals surface area (Å²) in [5.74, 6) is 0.431. The number of rotatable bonds is 5. The number of hydrogen-bond acceptors (Lipinski definition) is 5. The highest BCUT2D eigenvalue weighted by atomic mass is 35.5. The van der Waals surface area contributed by atoms with Crippen LogP contribution in [0.3, 0.4) is 0 Å². The normalized spacial score (nSPS) is 25.0. The van der Waals surface area contributed by atoms with Gasteiger partial charge in [0.05, 0.1) is 36.4 Å². The van der Waals surface area contributed by atoms with Crippen LogP contribution >= 0.6 is 11.6 Å². The molecule has 3 heterocycles. The monoisotopic (exact) mass is 403 g/mol. The van der Waals surface area contributed by atoms with E-state index in [1.807, 2.05) is 24.3 Å². The first-order valence-electron chi connectivity index (χ1n) is 9.97. The standard InChI is InChI=1S/C21H26ClN3O3/c1-14-4-9-19(28-14)16-5-7-17(8-6-16)25-21(26)20(22)18(12-24-25)23-11-15-3-2-10-27-13-15/h5-8,12,14-15,19,23H,2-4,9-11,13H2,1H3/t14-,15?,19+/m1/s1. The Morgan fingerprint density at radius 3 is 2.75 bits per heavy atom. The van der Waals surface area contributed by atoms with Crippen molar-refractivity contribution >= 4 is 17.3 Å². The molecule has 2 aromatic rings. The van der Waals surface area contributed by atoms with Gasteiger partial charge in [0.15, 0.2) is 0 Å². The molecule has 28 heavy (non-hydrogen) atoms. The Kier molecular flexibility index (Phi) is 5.99. The summed E-state index contributed by atoms with van der Waals surface area (Å²) >= 11 is 6.33. The van der Waals surface area contributed by atoms with Gasteiger partial charge in [-0.2, -0.15) is 9.78 Å². The number of ether oxygens (including phenoxy) is 2. The molecule has 7 heteroatoms. The van der Waals surface area contributed by atoms with Crippen molar-refractivity contribution in [1.29, 1.82) is 0 Å². The lowest BCUT2D eigenvalue weighted by atomic mass is 10.0. The van der Waals surface area contributed by atoms with E-state index >= 15 is 0 Å². The maximum atomic E-state index is 12.7. The van der Waals surface area contributed by atoms with Crippen molar-refractivity contribution in [3.63, 3.8) is 0 Å². The van der Waals surface area contributed by atoms with Crippen LogP contribution in [-0.4, -0.2) is 35.6 Å². The van der Waals surface area contributed by atoms with Gasteiger partial charge in [-0.1, -0.05) is 23.7 Å². The second-order valence-electron chi connectivity index (χ2n) is 7.66. The molecule has 0 bridgehead atoms. The maximum absolute atomic E-state index is 12.7. The lowest BCUT2D eigenvalue weighted by Crippen LogP contribution is -2.26. The van der Waals surface area contributed by atoms with Crippen LogP contribution < -0.4 is 10.9 Å². The minimum atomic E-state index is -0.329. The summed E-state index contributed by atoms with van der Waals surface area (Å²) in [6.07, 6.45) is 6.33. The Bertz CT molecular complexity index is 862. The zero-order chi connectivity index (χ0) is 19.5. The Morgan fingerprint density at radius 1 is 1.25 bits per heavy atom. The summed E-state index contributed by atoms with van der Waals surface area (Å²) in [7, 11) is 0. The lowest BCUT2D eigenvalue weighted by molar-refractivity contribution is 0.0555. The van der Waals surface area contributed by atoms with Crippen molar-refractivity contribution in [3.05, 3.63) is 51.4 Å². The number of benzene rings is 1. The van der Waals surface area contributed by atoms with Crippen LogP contribution in [0.4, 0.5) is 5.69 Å². The summed E-state index contributed by atoms with van der Waals surface area (Å²) in [6, 6.07) is 7.77. The van der Waals surface area contributed by atoms with E-state index in [1.165, 1.54) is 4.68 Å². The number of nitrogens with one attached hydrogen (secondary N) is 1. The van der Waals surface area contributed by atoms with Crippen molar-refractivity contribution in [2.45, 2.75) is 44.8 Å². The van der Waals surface area contributed by atoms with Crippen molar-refractivity contribution in [2.75, 3.05) is 25.1 Å². The van der Waals surface area contributed by atoms with Gasteiger partial charge in [0.1, 0.15) is 5.02 Å². The Balaban J connectivity index is 1.47. The maximum Gasteiger partial charge on any atom is 0.292 e. The summed E-state index contributed by atoms with van der Waals surface area (Å²) < 4.78 is 12.7. The van der Waals surface area contributed by atoms with E-state index in [9.17, 15) is 4.79 Å². The minimum absolute atomic E-state index is 0.132. The van der Waals surface area contributed by atoms with Gasteiger partial charge in [-0.15, -0.1) is 0 Å². The van der Waals surface area contributed by atoms with E-state index in [1.54, 1.807) is 6.20 Å².